The van der Waals surface area contributed by atoms with E-state index in [1.807, 2.05) is 24.5 Å². The van der Waals surface area contributed by atoms with Crippen LogP contribution in [-0.4, -0.2) is 47.5 Å². The zero-order valence-corrected chi connectivity index (χ0v) is 14.9. The zero-order chi connectivity index (χ0) is 16.8. The summed E-state index contributed by atoms with van der Waals surface area (Å²) in [6, 6.07) is 5.62. The number of carbonyl (C=O) groups excluding carboxylic acids is 1. The SMILES string of the molecule is CSc1nc(C(=O)N[C@@H]2CCOC[C@H]2OCc2ccccn2)cs1. The molecule has 1 fully saturated rings. The normalized spacial score (nSPS) is 20.7. The third-order valence-corrected chi connectivity index (χ3v) is 5.55. The van der Waals surface area contributed by atoms with Gasteiger partial charge in [-0.05, 0) is 24.8 Å². The Labute approximate surface area is 149 Å². The molecule has 2 aromatic rings. The molecule has 1 saturated heterocycles. The molecule has 24 heavy (non-hydrogen) atoms. The molecule has 1 N–H and O–H groups in total. The number of nitrogens with zero attached hydrogens (tertiary/aromatic N) is 2. The third-order valence-electron chi connectivity index (χ3n) is 3.68. The summed E-state index contributed by atoms with van der Waals surface area (Å²) in [6.45, 7) is 1.47. The van der Waals surface area contributed by atoms with Crippen LogP contribution in [0.15, 0.2) is 34.1 Å². The summed E-state index contributed by atoms with van der Waals surface area (Å²) in [6.07, 6.45) is 4.21. The summed E-state index contributed by atoms with van der Waals surface area (Å²) in [4.78, 5) is 20.9. The molecule has 8 heteroatoms. The Morgan fingerprint density at radius 1 is 1.54 bits per heavy atom. The van der Waals surface area contributed by atoms with E-state index in [0.717, 1.165) is 16.5 Å². The molecule has 2 aromatic heterocycles. The van der Waals surface area contributed by atoms with Crippen molar-refractivity contribution in [3.8, 4) is 0 Å². The molecule has 6 nitrogen and oxygen atoms in total. The van der Waals surface area contributed by atoms with Gasteiger partial charge in [0.25, 0.3) is 5.91 Å². The first kappa shape index (κ1) is 17.3. The van der Waals surface area contributed by atoms with Gasteiger partial charge in [0.05, 0.1) is 24.9 Å². The van der Waals surface area contributed by atoms with Gasteiger partial charge in [0.15, 0.2) is 0 Å². The van der Waals surface area contributed by atoms with Crippen LogP contribution < -0.4 is 5.32 Å². The Bertz CT molecular complexity index is 666. The fraction of sp³-hybridized carbons (Fsp3) is 0.438. The number of hydrogen-bond donors (Lipinski definition) is 1. The average molecular weight is 365 g/mol. The second-order valence-electron chi connectivity index (χ2n) is 5.32. The van der Waals surface area contributed by atoms with Crippen LogP contribution in [0.25, 0.3) is 0 Å². The lowest BCUT2D eigenvalue weighted by atomic mass is 10.1. The first-order valence-electron chi connectivity index (χ1n) is 7.66. The minimum atomic E-state index is -0.191. The minimum absolute atomic E-state index is 0.0885. The summed E-state index contributed by atoms with van der Waals surface area (Å²) in [5.41, 5.74) is 1.32. The van der Waals surface area contributed by atoms with Crippen LogP contribution in [0.5, 0.6) is 0 Å². The van der Waals surface area contributed by atoms with E-state index in [9.17, 15) is 4.79 Å². The maximum atomic E-state index is 12.4. The molecular weight excluding hydrogens is 346 g/mol. The molecule has 0 spiro atoms. The van der Waals surface area contributed by atoms with Gasteiger partial charge in [0, 0.05) is 18.2 Å². The number of carbonyl (C=O) groups is 1. The summed E-state index contributed by atoms with van der Waals surface area (Å²) in [5.74, 6) is -0.162. The molecule has 3 heterocycles. The minimum Gasteiger partial charge on any atom is -0.379 e. The lowest BCUT2D eigenvalue weighted by Crippen LogP contribution is -2.50. The largest absolute Gasteiger partial charge is 0.379 e. The number of ether oxygens (including phenoxy) is 2. The van der Waals surface area contributed by atoms with E-state index in [4.69, 9.17) is 9.47 Å². The number of nitrogens with one attached hydrogen (secondary N) is 1. The van der Waals surface area contributed by atoms with Crippen molar-refractivity contribution in [1.29, 1.82) is 0 Å². The number of pyridine rings is 1. The lowest BCUT2D eigenvalue weighted by Gasteiger charge is -2.31. The van der Waals surface area contributed by atoms with Crippen molar-refractivity contribution in [2.45, 2.75) is 29.5 Å². The van der Waals surface area contributed by atoms with Gasteiger partial charge >= 0.3 is 0 Å². The smallest absolute Gasteiger partial charge is 0.271 e. The summed E-state index contributed by atoms with van der Waals surface area (Å²) in [5, 5.41) is 4.81. The van der Waals surface area contributed by atoms with Gasteiger partial charge in [0.2, 0.25) is 0 Å². The van der Waals surface area contributed by atoms with Gasteiger partial charge in [-0.15, -0.1) is 11.3 Å². The molecule has 1 aliphatic heterocycles. The first-order chi connectivity index (χ1) is 11.8. The van der Waals surface area contributed by atoms with Crippen molar-refractivity contribution < 1.29 is 14.3 Å². The van der Waals surface area contributed by atoms with E-state index in [-0.39, 0.29) is 18.1 Å². The van der Waals surface area contributed by atoms with Gasteiger partial charge in [-0.3, -0.25) is 9.78 Å². The number of thioether (sulfide) groups is 1. The highest BCUT2D eigenvalue weighted by Gasteiger charge is 2.29. The second kappa shape index (κ2) is 8.57. The molecular formula is C16H19N3O3S2. The first-order valence-corrected chi connectivity index (χ1v) is 9.76. The monoisotopic (exact) mass is 365 g/mol. The standard InChI is InChI=1S/C16H19N3O3S2/c1-23-16-19-13(10-24-16)15(20)18-12-5-7-21-9-14(12)22-8-11-4-2-3-6-17-11/h2-4,6,10,12,14H,5,7-9H2,1H3,(H,18,20)/t12-,14-/m1/s1. The van der Waals surface area contributed by atoms with Gasteiger partial charge in [-0.1, -0.05) is 17.8 Å². The van der Waals surface area contributed by atoms with Crippen LogP contribution >= 0.6 is 23.1 Å². The van der Waals surface area contributed by atoms with Crippen LogP contribution in [0.3, 0.4) is 0 Å². The zero-order valence-electron chi connectivity index (χ0n) is 13.3. The van der Waals surface area contributed by atoms with Gasteiger partial charge in [-0.2, -0.15) is 0 Å². The molecule has 0 radical (unpaired) electrons. The van der Waals surface area contributed by atoms with Gasteiger partial charge in [-0.25, -0.2) is 4.98 Å². The third kappa shape index (κ3) is 4.54. The van der Waals surface area contributed by atoms with Crippen LogP contribution in [0.4, 0.5) is 0 Å². The van der Waals surface area contributed by atoms with Crippen LogP contribution in [-0.2, 0) is 16.1 Å². The Balaban J connectivity index is 1.58. The average Bonchev–Trinajstić information content (AvgIpc) is 3.11. The van der Waals surface area contributed by atoms with Crippen LogP contribution in [0.2, 0.25) is 0 Å². The number of aromatic nitrogens is 2. The maximum absolute atomic E-state index is 12.4. The van der Waals surface area contributed by atoms with Crippen molar-refractivity contribution in [2.24, 2.45) is 0 Å². The van der Waals surface area contributed by atoms with E-state index in [0.29, 0.717) is 25.5 Å². The van der Waals surface area contributed by atoms with Crippen molar-refractivity contribution in [1.82, 2.24) is 15.3 Å². The van der Waals surface area contributed by atoms with Crippen molar-refractivity contribution >= 4 is 29.0 Å². The molecule has 0 aromatic carbocycles. The quantitative estimate of drug-likeness (QED) is 0.792. The molecule has 0 aliphatic carbocycles. The molecule has 0 saturated carbocycles. The fourth-order valence-electron chi connectivity index (χ4n) is 2.41. The Morgan fingerprint density at radius 3 is 3.21 bits per heavy atom. The van der Waals surface area contributed by atoms with Crippen molar-refractivity contribution in [3.63, 3.8) is 0 Å². The Hall–Kier alpha value is -1.48. The summed E-state index contributed by atoms with van der Waals surface area (Å²) in [7, 11) is 0. The molecule has 128 valence electrons. The van der Waals surface area contributed by atoms with Gasteiger partial charge < -0.3 is 14.8 Å². The molecule has 3 rings (SSSR count). The maximum Gasteiger partial charge on any atom is 0.271 e. The summed E-state index contributed by atoms with van der Waals surface area (Å²) < 4.78 is 12.3. The predicted octanol–water partition coefficient (Wildman–Crippen LogP) is 2.36. The van der Waals surface area contributed by atoms with E-state index in [2.05, 4.69) is 15.3 Å². The molecule has 0 unspecified atom stereocenters. The fourth-order valence-corrected chi connectivity index (χ4v) is 3.66. The molecule has 2 atom stereocenters. The van der Waals surface area contributed by atoms with E-state index in [1.165, 1.54) is 23.1 Å². The summed E-state index contributed by atoms with van der Waals surface area (Å²) >= 11 is 3.01. The number of hydrogen-bond acceptors (Lipinski definition) is 7. The van der Waals surface area contributed by atoms with Crippen molar-refractivity contribution in [2.75, 3.05) is 19.5 Å². The molecule has 1 amide bonds. The van der Waals surface area contributed by atoms with Crippen LogP contribution in [0.1, 0.15) is 22.6 Å². The predicted molar refractivity (Wildman–Crippen MR) is 93.4 cm³/mol. The van der Waals surface area contributed by atoms with E-state index >= 15 is 0 Å². The molecule has 1 aliphatic rings. The number of thiazole rings is 1. The Kier molecular flexibility index (Phi) is 6.19. The number of rotatable bonds is 6. The van der Waals surface area contributed by atoms with Crippen molar-refractivity contribution in [3.05, 3.63) is 41.2 Å². The Morgan fingerprint density at radius 2 is 2.46 bits per heavy atom. The highest BCUT2D eigenvalue weighted by molar-refractivity contribution is 8.00. The van der Waals surface area contributed by atoms with Crippen LogP contribution in [0, 0.1) is 0 Å². The topological polar surface area (TPSA) is 73.3 Å². The second-order valence-corrected chi connectivity index (χ2v) is 7.23. The van der Waals surface area contributed by atoms with E-state index < -0.39 is 0 Å². The highest BCUT2D eigenvalue weighted by atomic mass is 32.2. The number of amides is 1. The molecule has 0 bridgehead atoms. The highest BCUT2D eigenvalue weighted by Crippen LogP contribution is 2.20. The van der Waals surface area contributed by atoms with E-state index in [1.54, 1.807) is 11.6 Å². The van der Waals surface area contributed by atoms with Gasteiger partial charge in [0.1, 0.15) is 16.1 Å². The lowest BCUT2D eigenvalue weighted by molar-refractivity contribution is -0.0743.